The van der Waals surface area contributed by atoms with Gasteiger partial charge in [-0.25, -0.2) is 14.6 Å². The largest absolute Gasteiger partial charge is 0.447 e. The number of piperidine rings is 1. The van der Waals surface area contributed by atoms with Crippen molar-refractivity contribution in [2.75, 3.05) is 19.7 Å². The van der Waals surface area contributed by atoms with Crippen molar-refractivity contribution in [2.24, 2.45) is 14.1 Å². The highest BCUT2D eigenvalue weighted by Gasteiger charge is 2.44. The van der Waals surface area contributed by atoms with Gasteiger partial charge in [0, 0.05) is 33.2 Å². The van der Waals surface area contributed by atoms with E-state index in [0.29, 0.717) is 32.5 Å². The van der Waals surface area contributed by atoms with Crippen LogP contribution in [-0.4, -0.2) is 71.8 Å². The maximum atomic E-state index is 12.9. The van der Waals surface area contributed by atoms with Gasteiger partial charge in [-0.1, -0.05) is 0 Å². The van der Waals surface area contributed by atoms with Crippen LogP contribution in [0.25, 0.3) is 11.2 Å². The number of imidazole rings is 1. The molecule has 2 aromatic rings. The highest BCUT2D eigenvalue weighted by Crippen LogP contribution is 2.30. The molecule has 0 atom stereocenters. The molecule has 2 amide bonds. The smallest absolute Gasteiger partial charge is 0.410 e. The zero-order chi connectivity index (χ0) is 21.8. The van der Waals surface area contributed by atoms with E-state index in [0.717, 1.165) is 4.57 Å². The number of carbonyl (C=O) groups excluding carboxylic acids is 2. The molecule has 0 saturated carbocycles. The van der Waals surface area contributed by atoms with Crippen LogP contribution in [0.2, 0.25) is 0 Å². The number of nitrogens with zero attached hydrogens (tertiary/aromatic N) is 6. The standard InChI is InChI=1S/C19H26N6O5/c1-19(2)10-30-18(29)25(19)12-5-7-23(8-6-12)13(26)9-24-11-20-15-14(24)16(27)22(4)17(28)21(15)3/h11-12H,5-10H2,1-4H3. The molecule has 0 unspecified atom stereocenters. The third-order valence-corrected chi connectivity index (χ3v) is 6.10. The van der Waals surface area contributed by atoms with Gasteiger partial charge in [-0.15, -0.1) is 0 Å². The summed E-state index contributed by atoms with van der Waals surface area (Å²) < 4.78 is 8.99. The quantitative estimate of drug-likeness (QED) is 0.674. The number of rotatable bonds is 3. The lowest BCUT2D eigenvalue weighted by molar-refractivity contribution is -0.133. The second kappa shape index (κ2) is 6.99. The lowest BCUT2D eigenvalue weighted by Gasteiger charge is -2.40. The lowest BCUT2D eigenvalue weighted by atomic mass is 9.97. The van der Waals surface area contributed by atoms with Gasteiger partial charge in [0.1, 0.15) is 13.2 Å². The second-order valence-corrected chi connectivity index (χ2v) is 8.60. The summed E-state index contributed by atoms with van der Waals surface area (Å²) in [5.41, 5.74) is -0.810. The molecular weight excluding hydrogens is 392 g/mol. The van der Waals surface area contributed by atoms with Gasteiger partial charge >= 0.3 is 11.8 Å². The van der Waals surface area contributed by atoms with Gasteiger partial charge in [-0.05, 0) is 26.7 Å². The van der Waals surface area contributed by atoms with Crippen molar-refractivity contribution >= 4 is 23.2 Å². The predicted octanol–water partition coefficient (Wildman–Crippen LogP) is -0.344. The minimum atomic E-state index is -0.480. The first-order valence-electron chi connectivity index (χ1n) is 9.96. The van der Waals surface area contributed by atoms with E-state index < -0.39 is 11.2 Å². The Kier molecular flexibility index (Phi) is 4.70. The third-order valence-electron chi connectivity index (χ3n) is 6.10. The summed E-state index contributed by atoms with van der Waals surface area (Å²) in [6.07, 6.45) is 2.46. The SMILES string of the molecule is Cn1c(=O)c2c(ncn2CC(=O)N2CCC(N3C(=O)OCC3(C)C)CC2)n(C)c1=O. The maximum absolute atomic E-state index is 12.9. The average molecular weight is 418 g/mol. The van der Waals surface area contributed by atoms with Crippen LogP contribution in [-0.2, 0) is 30.2 Å². The Morgan fingerprint density at radius 2 is 1.83 bits per heavy atom. The molecule has 0 bridgehead atoms. The fourth-order valence-electron chi connectivity index (χ4n) is 4.40. The number of carbonyl (C=O) groups is 2. The van der Waals surface area contributed by atoms with Gasteiger partial charge < -0.3 is 14.2 Å². The van der Waals surface area contributed by atoms with Gasteiger partial charge in [-0.2, -0.15) is 0 Å². The van der Waals surface area contributed by atoms with Gasteiger partial charge in [0.25, 0.3) is 5.56 Å². The van der Waals surface area contributed by atoms with Crippen LogP contribution in [0.4, 0.5) is 4.79 Å². The summed E-state index contributed by atoms with van der Waals surface area (Å²) in [7, 11) is 2.94. The number of hydrogen-bond acceptors (Lipinski definition) is 6. The van der Waals surface area contributed by atoms with Gasteiger partial charge in [-0.3, -0.25) is 23.6 Å². The van der Waals surface area contributed by atoms with Crippen molar-refractivity contribution in [3.05, 3.63) is 27.2 Å². The summed E-state index contributed by atoms with van der Waals surface area (Å²) >= 11 is 0. The Morgan fingerprint density at radius 1 is 1.17 bits per heavy atom. The Morgan fingerprint density at radius 3 is 2.43 bits per heavy atom. The topological polar surface area (TPSA) is 112 Å². The molecule has 11 nitrogen and oxygen atoms in total. The summed E-state index contributed by atoms with van der Waals surface area (Å²) in [6, 6.07) is 0.0370. The molecule has 2 aliphatic rings. The first kappa shape index (κ1) is 20.2. The van der Waals surface area contributed by atoms with Crippen LogP contribution in [0.1, 0.15) is 26.7 Å². The molecule has 2 fully saturated rings. The number of ether oxygens (including phenoxy) is 1. The van der Waals surface area contributed by atoms with Crippen molar-refractivity contribution in [3.63, 3.8) is 0 Å². The van der Waals surface area contributed by atoms with Crippen LogP contribution in [0.15, 0.2) is 15.9 Å². The van der Waals surface area contributed by atoms with E-state index in [9.17, 15) is 19.2 Å². The van der Waals surface area contributed by atoms with Crippen molar-refractivity contribution in [1.82, 2.24) is 28.5 Å². The zero-order valence-electron chi connectivity index (χ0n) is 17.6. The van der Waals surface area contributed by atoms with E-state index in [-0.39, 0.29) is 41.3 Å². The minimum Gasteiger partial charge on any atom is -0.447 e. The van der Waals surface area contributed by atoms with Crippen LogP contribution in [0, 0.1) is 0 Å². The molecular formula is C19H26N6O5. The predicted molar refractivity (Wildman–Crippen MR) is 107 cm³/mol. The van der Waals surface area contributed by atoms with Crippen molar-refractivity contribution in [2.45, 2.75) is 44.8 Å². The Bertz CT molecular complexity index is 1130. The van der Waals surface area contributed by atoms with E-state index >= 15 is 0 Å². The van der Waals surface area contributed by atoms with E-state index in [4.69, 9.17) is 4.74 Å². The zero-order valence-corrected chi connectivity index (χ0v) is 17.6. The summed E-state index contributed by atoms with van der Waals surface area (Å²) in [4.78, 5) is 57.3. The minimum absolute atomic E-state index is 0.0359. The van der Waals surface area contributed by atoms with Crippen molar-refractivity contribution < 1.29 is 14.3 Å². The first-order chi connectivity index (χ1) is 14.1. The molecule has 2 aliphatic heterocycles. The second-order valence-electron chi connectivity index (χ2n) is 8.60. The molecule has 0 aromatic carbocycles. The normalized spacial score (nSPS) is 19.5. The van der Waals surface area contributed by atoms with E-state index in [2.05, 4.69) is 4.98 Å². The molecule has 162 valence electrons. The summed E-state index contributed by atoms with van der Waals surface area (Å²) in [6.45, 7) is 5.34. The highest BCUT2D eigenvalue weighted by atomic mass is 16.6. The molecule has 2 saturated heterocycles. The van der Waals surface area contributed by atoms with Gasteiger partial charge in [0.05, 0.1) is 11.9 Å². The van der Waals surface area contributed by atoms with Crippen LogP contribution in [0.3, 0.4) is 0 Å². The lowest BCUT2D eigenvalue weighted by Crippen LogP contribution is -2.53. The van der Waals surface area contributed by atoms with Crippen LogP contribution < -0.4 is 11.2 Å². The van der Waals surface area contributed by atoms with E-state index in [1.54, 1.807) is 16.8 Å². The first-order valence-corrected chi connectivity index (χ1v) is 9.96. The molecule has 0 spiro atoms. The number of aromatic nitrogens is 4. The van der Waals surface area contributed by atoms with E-state index in [1.807, 2.05) is 13.8 Å². The van der Waals surface area contributed by atoms with E-state index in [1.165, 1.54) is 22.5 Å². The number of fused-ring (bicyclic) bond motifs is 1. The molecule has 0 N–H and O–H groups in total. The molecule has 11 heteroatoms. The molecule has 30 heavy (non-hydrogen) atoms. The van der Waals surface area contributed by atoms with Gasteiger partial charge in [0.2, 0.25) is 5.91 Å². The number of likely N-dealkylation sites (tertiary alicyclic amines) is 1. The summed E-state index contributed by atoms with van der Waals surface area (Å²) in [5.74, 6) is -0.132. The monoisotopic (exact) mass is 418 g/mol. The fraction of sp³-hybridized carbons (Fsp3) is 0.632. The van der Waals surface area contributed by atoms with Crippen LogP contribution >= 0.6 is 0 Å². The van der Waals surface area contributed by atoms with Crippen molar-refractivity contribution in [3.8, 4) is 0 Å². The highest BCUT2D eigenvalue weighted by molar-refractivity contribution is 5.79. The van der Waals surface area contributed by atoms with Gasteiger partial charge in [0.15, 0.2) is 11.2 Å². The number of cyclic esters (lactones) is 1. The Balaban J connectivity index is 1.48. The summed E-state index contributed by atoms with van der Waals surface area (Å²) in [5, 5.41) is 0. The Hall–Kier alpha value is -3.11. The maximum Gasteiger partial charge on any atom is 0.410 e. The molecule has 0 radical (unpaired) electrons. The molecule has 4 heterocycles. The fourth-order valence-corrected chi connectivity index (χ4v) is 4.40. The number of amides is 2. The number of hydrogen-bond donors (Lipinski definition) is 0. The average Bonchev–Trinajstić information content (AvgIpc) is 3.25. The number of aryl methyl sites for hydroxylation is 1. The Labute approximate surface area is 172 Å². The van der Waals surface area contributed by atoms with Crippen molar-refractivity contribution in [1.29, 1.82) is 0 Å². The molecule has 4 rings (SSSR count). The third kappa shape index (κ3) is 3.08. The molecule has 0 aliphatic carbocycles. The van der Waals surface area contributed by atoms with Crippen LogP contribution in [0.5, 0.6) is 0 Å². The molecule has 2 aromatic heterocycles.